The van der Waals surface area contributed by atoms with Gasteiger partial charge in [0, 0.05) is 25.9 Å². The lowest BCUT2D eigenvalue weighted by atomic mass is 9.77. The molecule has 4 rings (SSSR count). The molecule has 2 aromatic rings. The number of piperidine rings is 1. The zero-order chi connectivity index (χ0) is 25.8. The lowest BCUT2D eigenvalue weighted by Crippen LogP contribution is -2.45. The number of alkyl carbamates (subject to hydrolysis) is 1. The Kier molecular flexibility index (Phi) is 9.61. The number of carbonyl (C=O) groups is 2. The second kappa shape index (κ2) is 12.3. The summed E-state index contributed by atoms with van der Waals surface area (Å²) in [6.07, 6.45) is 4.03. The Morgan fingerprint density at radius 3 is 2.24 bits per heavy atom. The van der Waals surface area contributed by atoms with E-state index in [4.69, 9.17) is 4.74 Å². The van der Waals surface area contributed by atoms with Gasteiger partial charge in [0.15, 0.2) is 9.84 Å². The Bertz CT molecular complexity index is 1170. The maximum absolute atomic E-state index is 13.4. The average molecular weight is 550 g/mol. The van der Waals surface area contributed by atoms with Gasteiger partial charge in [-0.3, -0.25) is 4.79 Å². The molecule has 2 fully saturated rings. The summed E-state index contributed by atoms with van der Waals surface area (Å²) >= 11 is 0. The lowest BCUT2D eigenvalue weighted by molar-refractivity contribution is -0.138. The molecule has 0 saturated carbocycles. The van der Waals surface area contributed by atoms with Gasteiger partial charge in [-0.25, -0.2) is 13.2 Å². The number of ether oxygens (including phenoxy) is 1. The molecule has 37 heavy (non-hydrogen) atoms. The van der Waals surface area contributed by atoms with Crippen molar-refractivity contribution >= 4 is 34.2 Å². The van der Waals surface area contributed by atoms with E-state index in [0.29, 0.717) is 11.4 Å². The number of hydrogen-bond donors (Lipinski definition) is 1. The quantitative estimate of drug-likeness (QED) is 0.538. The molecule has 1 N–H and O–H groups in total. The van der Waals surface area contributed by atoms with Crippen LogP contribution in [0.2, 0.25) is 0 Å². The fraction of sp³-hybridized carbons (Fsp3) is 0.481. The van der Waals surface area contributed by atoms with Crippen LogP contribution in [0.1, 0.15) is 42.9 Å². The predicted octanol–water partition coefficient (Wildman–Crippen LogP) is 3.81. The minimum Gasteiger partial charge on any atom is -0.453 e. The van der Waals surface area contributed by atoms with E-state index in [-0.39, 0.29) is 29.8 Å². The zero-order valence-corrected chi connectivity index (χ0v) is 23.0. The number of methoxy groups -OCH3 is 1. The second-order valence-electron chi connectivity index (χ2n) is 9.90. The van der Waals surface area contributed by atoms with Crippen molar-refractivity contribution in [3.05, 3.63) is 65.7 Å². The molecule has 2 heterocycles. The van der Waals surface area contributed by atoms with Crippen molar-refractivity contribution in [2.45, 2.75) is 43.2 Å². The third-order valence-corrected chi connectivity index (χ3v) is 8.68. The van der Waals surface area contributed by atoms with Crippen molar-refractivity contribution in [1.29, 1.82) is 0 Å². The highest BCUT2D eigenvalue weighted by Crippen LogP contribution is 2.42. The maximum Gasteiger partial charge on any atom is 0.407 e. The van der Waals surface area contributed by atoms with E-state index in [0.717, 1.165) is 63.0 Å². The molecule has 202 valence electrons. The molecule has 2 aliphatic rings. The fourth-order valence-corrected chi connectivity index (χ4v) is 5.93. The normalized spacial score (nSPS) is 18.3. The van der Waals surface area contributed by atoms with Crippen molar-refractivity contribution in [2.24, 2.45) is 5.41 Å². The molecule has 1 atom stereocenters. The summed E-state index contributed by atoms with van der Waals surface area (Å²) in [5.74, 6) is 0.212. The molecule has 1 spiro atoms. The molecule has 2 aliphatic heterocycles. The standard InChI is InChI=1S/C27H35N3O5S.ClH/c1-35-26(32)28-24(22-6-4-3-5-7-22)12-16-29-17-13-27(14-18-29)15-19-30(25(27)31)20-21-8-10-23(11-9-21)36(2,33)34;/h3-11,24H,12-20H2,1-2H3,(H,28,32);1H. The fourth-order valence-electron chi connectivity index (χ4n) is 5.30. The zero-order valence-electron chi connectivity index (χ0n) is 21.4. The van der Waals surface area contributed by atoms with Crippen LogP contribution >= 0.6 is 12.4 Å². The Labute approximate surface area is 225 Å². The molecule has 1 unspecified atom stereocenters. The Morgan fingerprint density at radius 1 is 1.03 bits per heavy atom. The van der Waals surface area contributed by atoms with Gasteiger partial charge in [-0.2, -0.15) is 0 Å². The topological polar surface area (TPSA) is 96.0 Å². The average Bonchev–Trinajstić information content (AvgIpc) is 3.17. The van der Waals surface area contributed by atoms with Gasteiger partial charge in [0.2, 0.25) is 5.91 Å². The summed E-state index contributed by atoms with van der Waals surface area (Å²) in [6, 6.07) is 16.6. The van der Waals surface area contributed by atoms with Gasteiger partial charge in [-0.15, -0.1) is 12.4 Å². The summed E-state index contributed by atoms with van der Waals surface area (Å²) in [6.45, 7) is 3.76. The number of nitrogens with one attached hydrogen (secondary N) is 1. The Hall–Kier alpha value is -2.62. The van der Waals surface area contributed by atoms with Crippen LogP contribution < -0.4 is 5.32 Å². The smallest absolute Gasteiger partial charge is 0.407 e. The molecule has 2 saturated heterocycles. The van der Waals surface area contributed by atoms with Crippen LogP contribution in [0.5, 0.6) is 0 Å². The first-order chi connectivity index (χ1) is 17.2. The number of amides is 2. The number of likely N-dealkylation sites (tertiary alicyclic amines) is 2. The van der Waals surface area contributed by atoms with Crippen LogP contribution in [0.3, 0.4) is 0 Å². The lowest BCUT2D eigenvalue weighted by Gasteiger charge is -2.38. The van der Waals surface area contributed by atoms with Gasteiger partial charge >= 0.3 is 6.09 Å². The van der Waals surface area contributed by atoms with E-state index in [1.807, 2.05) is 35.2 Å². The minimum atomic E-state index is -3.23. The van der Waals surface area contributed by atoms with Crippen molar-refractivity contribution < 1.29 is 22.7 Å². The highest BCUT2D eigenvalue weighted by atomic mass is 35.5. The summed E-state index contributed by atoms with van der Waals surface area (Å²) in [5.41, 5.74) is 1.68. The van der Waals surface area contributed by atoms with Gasteiger partial charge in [0.05, 0.1) is 23.5 Å². The molecule has 0 radical (unpaired) electrons. The number of carbonyl (C=O) groups excluding carboxylic acids is 2. The maximum atomic E-state index is 13.4. The number of benzene rings is 2. The highest BCUT2D eigenvalue weighted by molar-refractivity contribution is 7.90. The van der Waals surface area contributed by atoms with Crippen molar-refractivity contribution in [1.82, 2.24) is 15.1 Å². The third-order valence-electron chi connectivity index (χ3n) is 7.55. The van der Waals surface area contributed by atoms with E-state index in [1.54, 1.807) is 24.3 Å². The minimum absolute atomic E-state index is 0. The molecule has 0 bridgehead atoms. The van der Waals surface area contributed by atoms with Crippen LogP contribution in [0.15, 0.2) is 59.5 Å². The van der Waals surface area contributed by atoms with E-state index < -0.39 is 15.9 Å². The van der Waals surface area contributed by atoms with Crippen molar-refractivity contribution in [3.63, 3.8) is 0 Å². The van der Waals surface area contributed by atoms with E-state index in [9.17, 15) is 18.0 Å². The number of nitrogens with zero attached hydrogens (tertiary/aromatic N) is 2. The molecule has 10 heteroatoms. The largest absolute Gasteiger partial charge is 0.453 e. The van der Waals surface area contributed by atoms with Gasteiger partial charge in [-0.1, -0.05) is 42.5 Å². The summed E-state index contributed by atoms with van der Waals surface area (Å²) in [5, 5.41) is 2.94. The predicted molar refractivity (Wildman–Crippen MR) is 144 cm³/mol. The molecule has 0 aliphatic carbocycles. The van der Waals surface area contributed by atoms with Gasteiger partial charge in [0.25, 0.3) is 0 Å². The van der Waals surface area contributed by atoms with Crippen LogP contribution in [0, 0.1) is 5.41 Å². The monoisotopic (exact) mass is 549 g/mol. The van der Waals surface area contributed by atoms with Gasteiger partial charge in [0.1, 0.15) is 0 Å². The number of halogens is 1. The van der Waals surface area contributed by atoms with Crippen molar-refractivity contribution in [3.8, 4) is 0 Å². The Morgan fingerprint density at radius 2 is 1.65 bits per heavy atom. The van der Waals surface area contributed by atoms with Crippen molar-refractivity contribution in [2.75, 3.05) is 39.5 Å². The van der Waals surface area contributed by atoms with E-state index in [2.05, 4.69) is 10.2 Å². The van der Waals surface area contributed by atoms with E-state index >= 15 is 0 Å². The first-order valence-electron chi connectivity index (χ1n) is 12.4. The summed E-state index contributed by atoms with van der Waals surface area (Å²) in [4.78, 5) is 29.8. The van der Waals surface area contributed by atoms with Crippen LogP contribution in [0.25, 0.3) is 0 Å². The molecule has 0 aromatic heterocycles. The molecular weight excluding hydrogens is 514 g/mol. The second-order valence-corrected chi connectivity index (χ2v) is 11.9. The molecule has 8 nitrogen and oxygen atoms in total. The SMILES string of the molecule is COC(=O)NC(CCN1CCC2(CC1)CCN(Cc1ccc(S(C)(=O)=O)cc1)C2=O)c1ccccc1.Cl. The molecular formula is C27H36ClN3O5S. The first-order valence-corrected chi connectivity index (χ1v) is 14.3. The summed E-state index contributed by atoms with van der Waals surface area (Å²) < 4.78 is 28.2. The summed E-state index contributed by atoms with van der Waals surface area (Å²) in [7, 11) is -1.86. The highest BCUT2D eigenvalue weighted by Gasteiger charge is 2.47. The van der Waals surface area contributed by atoms with Crippen LogP contribution in [0.4, 0.5) is 4.79 Å². The Balaban J connectivity index is 0.00000380. The van der Waals surface area contributed by atoms with Gasteiger partial charge in [-0.05, 0) is 62.0 Å². The molecule has 2 amide bonds. The van der Waals surface area contributed by atoms with Crippen LogP contribution in [-0.2, 0) is 25.9 Å². The number of sulfone groups is 1. The first kappa shape index (κ1) is 28.9. The molecule has 2 aromatic carbocycles. The van der Waals surface area contributed by atoms with Gasteiger partial charge < -0.3 is 19.9 Å². The third kappa shape index (κ3) is 7.03. The number of hydrogen-bond acceptors (Lipinski definition) is 6. The van der Waals surface area contributed by atoms with E-state index in [1.165, 1.54) is 13.4 Å². The number of rotatable bonds is 8. The van der Waals surface area contributed by atoms with Crippen LogP contribution in [-0.4, -0.2) is 69.8 Å².